The molecule has 0 spiro atoms. The Morgan fingerprint density at radius 2 is 1.90 bits per heavy atom. The molecular formula is C18H20FNO. The number of nitrogens with zero attached hydrogens (tertiary/aromatic N) is 1. The summed E-state index contributed by atoms with van der Waals surface area (Å²) in [7, 11) is 0. The van der Waals surface area contributed by atoms with Gasteiger partial charge in [-0.1, -0.05) is 12.1 Å². The van der Waals surface area contributed by atoms with E-state index < -0.39 is 5.82 Å². The van der Waals surface area contributed by atoms with Gasteiger partial charge in [0.2, 0.25) is 0 Å². The molecule has 3 heteroatoms. The van der Waals surface area contributed by atoms with E-state index in [1.807, 2.05) is 19.9 Å². The fourth-order valence-corrected chi connectivity index (χ4v) is 2.68. The quantitative estimate of drug-likeness (QED) is 0.588. The summed E-state index contributed by atoms with van der Waals surface area (Å²) in [6.07, 6.45) is 3.20. The van der Waals surface area contributed by atoms with Crippen molar-refractivity contribution in [2.75, 3.05) is 0 Å². The second kappa shape index (κ2) is 6.08. The monoisotopic (exact) mass is 285 g/mol. The van der Waals surface area contributed by atoms with Crippen molar-refractivity contribution >= 4 is 11.9 Å². The van der Waals surface area contributed by atoms with Crippen LogP contribution < -0.4 is 0 Å². The van der Waals surface area contributed by atoms with Crippen LogP contribution in [0.1, 0.15) is 47.2 Å². The second-order valence-corrected chi connectivity index (χ2v) is 5.47. The molecule has 0 atom stereocenters. The van der Waals surface area contributed by atoms with E-state index in [0.717, 1.165) is 17.0 Å². The molecule has 2 nitrogen and oxygen atoms in total. The number of hydrogen-bond acceptors (Lipinski definition) is 1. The average Bonchev–Trinajstić information content (AvgIpc) is 2.71. The van der Waals surface area contributed by atoms with Gasteiger partial charge in [-0.2, -0.15) is 0 Å². The van der Waals surface area contributed by atoms with Gasteiger partial charge in [0, 0.05) is 17.4 Å². The molecule has 1 aromatic heterocycles. The predicted molar refractivity (Wildman–Crippen MR) is 84.1 cm³/mol. The van der Waals surface area contributed by atoms with Gasteiger partial charge >= 0.3 is 0 Å². The number of carbonyl (C=O) groups excluding carboxylic acids is 1. The maximum atomic E-state index is 13.6. The summed E-state index contributed by atoms with van der Waals surface area (Å²) in [4.78, 5) is 12.0. The van der Waals surface area contributed by atoms with Gasteiger partial charge in [0.1, 0.15) is 5.82 Å². The number of allylic oxidation sites excluding steroid dienone is 1. The average molecular weight is 285 g/mol. The van der Waals surface area contributed by atoms with Crippen molar-refractivity contribution in [3.63, 3.8) is 0 Å². The Balaban J connectivity index is 2.28. The summed E-state index contributed by atoms with van der Waals surface area (Å²) in [5, 5.41) is 0. The van der Waals surface area contributed by atoms with E-state index in [-0.39, 0.29) is 11.3 Å². The molecule has 110 valence electrons. The van der Waals surface area contributed by atoms with Crippen LogP contribution in [0, 0.1) is 19.7 Å². The van der Waals surface area contributed by atoms with Crippen molar-refractivity contribution in [1.29, 1.82) is 0 Å². The Morgan fingerprint density at radius 3 is 2.48 bits per heavy atom. The molecule has 2 aromatic rings. The van der Waals surface area contributed by atoms with E-state index in [0.29, 0.717) is 6.04 Å². The van der Waals surface area contributed by atoms with Gasteiger partial charge in [0.25, 0.3) is 0 Å². The third-order valence-electron chi connectivity index (χ3n) is 3.59. The van der Waals surface area contributed by atoms with E-state index in [1.54, 1.807) is 18.2 Å². The maximum absolute atomic E-state index is 13.6. The normalized spacial score (nSPS) is 11.5. The molecule has 0 aliphatic carbocycles. The zero-order valence-corrected chi connectivity index (χ0v) is 12.9. The van der Waals surface area contributed by atoms with Crippen molar-refractivity contribution in [1.82, 2.24) is 4.57 Å². The minimum atomic E-state index is -0.486. The summed E-state index contributed by atoms with van der Waals surface area (Å²) in [6.45, 7) is 8.32. The molecule has 2 rings (SSSR count). The van der Waals surface area contributed by atoms with Crippen LogP contribution in [0.4, 0.5) is 4.39 Å². The molecule has 0 fully saturated rings. The Morgan fingerprint density at radius 1 is 1.24 bits per heavy atom. The number of benzene rings is 1. The largest absolute Gasteiger partial charge is 0.346 e. The van der Waals surface area contributed by atoms with Crippen LogP contribution >= 0.6 is 0 Å². The fourth-order valence-electron chi connectivity index (χ4n) is 2.68. The van der Waals surface area contributed by atoms with Crippen LogP contribution in [0.5, 0.6) is 0 Å². The third kappa shape index (κ3) is 3.13. The van der Waals surface area contributed by atoms with Crippen molar-refractivity contribution in [2.45, 2.75) is 33.7 Å². The van der Waals surface area contributed by atoms with Gasteiger partial charge in [0.15, 0.2) is 5.78 Å². The van der Waals surface area contributed by atoms with Crippen LogP contribution in [-0.2, 0) is 0 Å². The van der Waals surface area contributed by atoms with E-state index >= 15 is 0 Å². The summed E-state index contributed by atoms with van der Waals surface area (Å²) in [6, 6.07) is 8.45. The van der Waals surface area contributed by atoms with E-state index in [2.05, 4.69) is 18.4 Å². The molecule has 0 radical (unpaired) electrons. The van der Waals surface area contributed by atoms with Gasteiger partial charge in [-0.15, -0.1) is 0 Å². The molecule has 0 saturated carbocycles. The number of aryl methyl sites for hydroxylation is 1. The van der Waals surface area contributed by atoms with Crippen molar-refractivity contribution < 1.29 is 9.18 Å². The molecule has 0 aliphatic rings. The number of rotatable bonds is 4. The lowest BCUT2D eigenvalue weighted by molar-refractivity contribution is 0.104. The smallest absolute Gasteiger partial charge is 0.188 e. The lowest BCUT2D eigenvalue weighted by Gasteiger charge is -2.13. The van der Waals surface area contributed by atoms with E-state index in [1.165, 1.54) is 18.2 Å². The Bertz CT molecular complexity index is 695. The first-order valence-corrected chi connectivity index (χ1v) is 7.07. The molecule has 1 aromatic carbocycles. The molecule has 0 unspecified atom stereocenters. The molecule has 0 amide bonds. The maximum Gasteiger partial charge on any atom is 0.188 e. The molecule has 21 heavy (non-hydrogen) atoms. The molecule has 0 saturated heterocycles. The number of ketones is 1. The standard InChI is InChI=1S/C18H20FNO/c1-12(2)20-13(3)11-15(14(20)4)9-10-18(21)16-7-5-6-8-17(16)19/h5-12H,1-4H3/b10-9+. The Hall–Kier alpha value is -2.16. The van der Waals surface area contributed by atoms with Gasteiger partial charge < -0.3 is 4.57 Å². The molecule has 1 heterocycles. The van der Waals surface area contributed by atoms with Crippen LogP contribution in [0.2, 0.25) is 0 Å². The topological polar surface area (TPSA) is 22.0 Å². The minimum Gasteiger partial charge on any atom is -0.346 e. The number of halogens is 1. The molecule has 0 N–H and O–H groups in total. The van der Waals surface area contributed by atoms with Gasteiger partial charge in [-0.25, -0.2) is 4.39 Å². The summed E-state index contributed by atoms with van der Waals surface area (Å²) >= 11 is 0. The van der Waals surface area contributed by atoms with Crippen molar-refractivity contribution in [2.24, 2.45) is 0 Å². The number of carbonyl (C=O) groups is 1. The van der Waals surface area contributed by atoms with Crippen molar-refractivity contribution in [3.8, 4) is 0 Å². The van der Waals surface area contributed by atoms with Crippen LogP contribution in [0.15, 0.2) is 36.4 Å². The highest BCUT2D eigenvalue weighted by Crippen LogP contribution is 2.21. The first-order valence-electron chi connectivity index (χ1n) is 7.07. The minimum absolute atomic E-state index is 0.103. The molecule has 0 bridgehead atoms. The zero-order chi connectivity index (χ0) is 15.6. The van der Waals surface area contributed by atoms with Crippen molar-refractivity contribution in [3.05, 3.63) is 64.7 Å². The van der Waals surface area contributed by atoms with Crippen LogP contribution in [0.25, 0.3) is 6.08 Å². The lowest BCUT2D eigenvalue weighted by Crippen LogP contribution is -2.04. The number of hydrogen-bond donors (Lipinski definition) is 0. The van der Waals surface area contributed by atoms with Crippen LogP contribution in [0.3, 0.4) is 0 Å². The highest BCUT2D eigenvalue weighted by Gasteiger charge is 2.11. The SMILES string of the molecule is Cc1cc(/C=C/C(=O)c2ccccc2F)c(C)n1C(C)C. The fraction of sp³-hybridized carbons (Fsp3) is 0.278. The second-order valence-electron chi connectivity index (χ2n) is 5.47. The predicted octanol–water partition coefficient (Wildman–Crippen LogP) is 4.72. The molecule has 0 aliphatic heterocycles. The number of aromatic nitrogens is 1. The highest BCUT2D eigenvalue weighted by atomic mass is 19.1. The van der Waals surface area contributed by atoms with Crippen LogP contribution in [-0.4, -0.2) is 10.4 Å². The first-order chi connectivity index (χ1) is 9.91. The third-order valence-corrected chi connectivity index (χ3v) is 3.59. The van der Waals surface area contributed by atoms with Gasteiger partial charge in [0.05, 0.1) is 5.56 Å². The summed E-state index contributed by atoms with van der Waals surface area (Å²) in [5.41, 5.74) is 3.36. The summed E-state index contributed by atoms with van der Waals surface area (Å²) < 4.78 is 15.8. The Labute approximate surface area is 124 Å². The van der Waals surface area contributed by atoms with Gasteiger partial charge in [-0.3, -0.25) is 4.79 Å². The van der Waals surface area contributed by atoms with Gasteiger partial charge in [-0.05, 0) is 63.6 Å². The first kappa shape index (κ1) is 15.2. The summed E-state index contributed by atoms with van der Waals surface area (Å²) in [5.74, 6) is -0.803. The van der Waals surface area contributed by atoms with E-state index in [9.17, 15) is 9.18 Å². The zero-order valence-electron chi connectivity index (χ0n) is 12.9. The lowest BCUT2D eigenvalue weighted by atomic mass is 10.1. The Kier molecular flexibility index (Phi) is 4.41. The highest BCUT2D eigenvalue weighted by molar-refractivity contribution is 6.07. The van der Waals surface area contributed by atoms with E-state index in [4.69, 9.17) is 0 Å². The molecular weight excluding hydrogens is 265 g/mol.